The molecule has 45 heavy (non-hydrogen) atoms. The number of benzene rings is 3. The lowest BCUT2D eigenvalue weighted by atomic mass is 9.94. The molecule has 0 saturated heterocycles. The Balaban J connectivity index is 0.000000172. The smallest absolute Gasteiger partial charge is 0.161 e. The Labute approximate surface area is 263 Å². The van der Waals surface area contributed by atoms with E-state index in [4.69, 9.17) is 25.7 Å². The summed E-state index contributed by atoms with van der Waals surface area (Å²) >= 11 is 0. The van der Waals surface area contributed by atoms with Crippen LogP contribution in [0, 0.1) is 22.7 Å². The third kappa shape index (κ3) is 8.54. The van der Waals surface area contributed by atoms with Crippen molar-refractivity contribution in [3.63, 3.8) is 0 Å². The van der Waals surface area contributed by atoms with Gasteiger partial charge in [0.2, 0.25) is 0 Å². The molecule has 3 aromatic carbocycles. The second-order valence-electron chi connectivity index (χ2n) is 10.2. The van der Waals surface area contributed by atoms with Gasteiger partial charge in [-0.05, 0) is 91.2 Å². The van der Waals surface area contributed by atoms with E-state index in [0.29, 0.717) is 23.7 Å². The molecule has 0 radical (unpaired) electrons. The van der Waals surface area contributed by atoms with E-state index in [1.807, 2.05) is 30.3 Å². The minimum absolute atomic E-state index is 0.150. The van der Waals surface area contributed by atoms with Gasteiger partial charge in [0, 0.05) is 24.4 Å². The summed E-state index contributed by atoms with van der Waals surface area (Å²) in [4.78, 5) is 4.01. The third-order valence-corrected chi connectivity index (χ3v) is 7.34. The van der Waals surface area contributed by atoms with Crippen LogP contribution in [0.25, 0.3) is 0 Å². The minimum atomic E-state index is -0.150. The first-order chi connectivity index (χ1) is 22.0. The summed E-state index contributed by atoms with van der Waals surface area (Å²) in [5.74, 6) is 1.64. The van der Waals surface area contributed by atoms with Crippen LogP contribution in [0.5, 0.6) is 11.5 Å². The van der Waals surface area contributed by atoms with E-state index in [9.17, 15) is 0 Å². The molecule has 1 aliphatic rings. The van der Waals surface area contributed by atoms with E-state index >= 15 is 0 Å². The zero-order valence-electron chi connectivity index (χ0n) is 25.6. The molecule has 1 aliphatic heterocycles. The van der Waals surface area contributed by atoms with Crippen molar-refractivity contribution in [3.8, 4) is 23.6 Å². The molecule has 4 N–H and O–H groups in total. The number of fused-ring (bicyclic) bond motifs is 1. The zero-order chi connectivity index (χ0) is 32.0. The van der Waals surface area contributed by atoms with Gasteiger partial charge in [0.05, 0.1) is 37.5 Å². The summed E-state index contributed by atoms with van der Waals surface area (Å²) in [6.07, 6.45) is 6.81. The lowest BCUT2D eigenvalue weighted by molar-refractivity contribution is 0.352. The second-order valence-corrected chi connectivity index (χ2v) is 10.2. The standard InChI is InChI=1S/C17H11N5.C12H17NO2.C5H9N3/c18-9-13-1-5-15(6-2-13)17(22-12-20-11-21-22)16-7-3-14(10-19)4-8-16;1-8-10-7-12(15-3)11(14-2)6-9(10)4-5-13-8;6-3-1-5-2-4-7-8-5/h1-8,11-12,17H;6-8,13H,4-5H2,1-3H3;2,4H,1,3,6H2,(H,7,8). The van der Waals surface area contributed by atoms with E-state index < -0.39 is 0 Å². The first kappa shape index (κ1) is 32.4. The Bertz CT molecular complexity index is 1630. The summed E-state index contributed by atoms with van der Waals surface area (Å²) in [5, 5.41) is 32.1. The van der Waals surface area contributed by atoms with Crippen LogP contribution in [0.4, 0.5) is 0 Å². The molecule has 11 nitrogen and oxygen atoms in total. The Kier molecular flexibility index (Phi) is 11.8. The van der Waals surface area contributed by atoms with E-state index in [1.54, 1.807) is 55.7 Å². The van der Waals surface area contributed by atoms with Crippen LogP contribution in [-0.4, -0.2) is 52.3 Å². The number of aromatic amines is 1. The van der Waals surface area contributed by atoms with E-state index in [2.05, 4.69) is 56.8 Å². The molecule has 11 heteroatoms. The molecule has 6 rings (SSSR count). The number of rotatable bonds is 7. The zero-order valence-corrected chi connectivity index (χ0v) is 25.6. The van der Waals surface area contributed by atoms with Crippen LogP contribution >= 0.6 is 0 Å². The quantitative estimate of drug-likeness (QED) is 0.243. The van der Waals surface area contributed by atoms with Gasteiger partial charge in [-0.15, -0.1) is 0 Å². The molecule has 0 aliphatic carbocycles. The van der Waals surface area contributed by atoms with Crippen molar-refractivity contribution in [2.45, 2.75) is 31.8 Å². The van der Waals surface area contributed by atoms with Gasteiger partial charge in [0.25, 0.3) is 0 Å². The van der Waals surface area contributed by atoms with Gasteiger partial charge >= 0.3 is 0 Å². The molecule has 0 spiro atoms. The van der Waals surface area contributed by atoms with Crippen molar-refractivity contribution in [3.05, 3.63) is 125 Å². The normalized spacial score (nSPS) is 13.2. The first-order valence-corrected chi connectivity index (χ1v) is 14.5. The fourth-order valence-corrected chi connectivity index (χ4v) is 5.00. The number of ether oxygens (including phenoxy) is 2. The second kappa shape index (κ2) is 16.4. The van der Waals surface area contributed by atoms with Crippen molar-refractivity contribution < 1.29 is 9.47 Å². The number of nitrogens with one attached hydrogen (secondary N) is 2. The average Bonchev–Trinajstić information content (AvgIpc) is 3.81. The summed E-state index contributed by atoms with van der Waals surface area (Å²) in [5.41, 5.74) is 12.3. The van der Waals surface area contributed by atoms with E-state index in [-0.39, 0.29) is 6.04 Å². The monoisotopic (exact) mass is 603 g/mol. The van der Waals surface area contributed by atoms with Crippen molar-refractivity contribution in [2.75, 3.05) is 27.3 Å². The van der Waals surface area contributed by atoms with Crippen molar-refractivity contribution in [2.24, 2.45) is 5.73 Å². The lowest BCUT2D eigenvalue weighted by Crippen LogP contribution is -2.27. The number of H-pyrrole nitrogens is 1. The van der Waals surface area contributed by atoms with Gasteiger partial charge in [-0.2, -0.15) is 20.7 Å². The maximum Gasteiger partial charge on any atom is 0.161 e. The summed E-state index contributed by atoms with van der Waals surface area (Å²) in [6.45, 7) is 3.88. The fourth-order valence-electron chi connectivity index (χ4n) is 5.00. The SMILES string of the molecule is COc1cc2c(cc1OC)C(C)NCC2.N#Cc1ccc(C(c2ccc(C#N)cc2)n2cncn2)cc1.NCCc1ccn[nH]1. The Morgan fingerprint density at radius 1 is 0.956 bits per heavy atom. The lowest BCUT2D eigenvalue weighted by Gasteiger charge is -2.25. The van der Waals surface area contributed by atoms with Gasteiger partial charge < -0.3 is 20.5 Å². The Morgan fingerprint density at radius 2 is 1.58 bits per heavy atom. The molecular weight excluding hydrogens is 566 g/mol. The Morgan fingerprint density at radius 3 is 2.07 bits per heavy atom. The highest BCUT2D eigenvalue weighted by molar-refractivity contribution is 5.49. The topological polar surface area (TPSA) is 163 Å². The van der Waals surface area contributed by atoms with E-state index in [0.717, 1.165) is 47.7 Å². The average molecular weight is 604 g/mol. The first-order valence-electron chi connectivity index (χ1n) is 14.5. The summed E-state index contributed by atoms with van der Waals surface area (Å²) in [6, 6.07) is 25.3. The molecule has 1 atom stereocenters. The maximum atomic E-state index is 8.92. The number of hydrogen-bond acceptors (Lipinski definition) is 9. The molecule has 0 bridgehead atoms. The molecular formula is C34H37N9O2. The summed E-state index contributed by atoms with van der Waals surface area (Å²) in [7, 11) is 3.35. The van der Waals surface area contributed by atoms with Crippen molar-refractivity contribution in [1.82, 2.24) is 30.3 Å². The van der Waals surface area contributed by atoms with Crippen molar-refractivity contribution >= 4 is 0 Å². The van der Waals surface area contributed by atoms with Gasteiger partial charge in [-0.1, -0.05) is 24.3 Å². The largest absolute Gasteiger partial charge is 0.493 e. The summed E-state index contributed by atoms with van der Waals surface area (Å²) < 4.78 is 12.3. The fraction of sp³-hybridized carbons (Fsp3) is 0.265. The van der Waals surface area contributed by atoms with Gasteiger partial charge in [-0.3, -0.25) is 5.10 Å². The number of nitrogens with two attached hydrogens (primary N) is 1. The molecule has 3 heterocycles. The predicted molar refractivity (Wildman–Crippen MR) is 171 cm³/mol. The Hall–Kier alpha value is -5.49. The molecule has 0 saturated carbocycles. The van der Waals surface area contributed by atoms with Crippen LogP contribution in [-0.2, 0) is 12.8 Å². The van der Waals surface area contributed by atoms with Crippen LogP contribution < -0.4 is 20.5 Å². The highest BCUT2D eigenvalue weighted by Gasteiger charge is 2.19. The number of nitrogens with zero attached hydrogens (tertiary/aromatic N) is 6. The molecule has 1 unspecified atom stereocenters. The molecule has 230 valence electrons. The van der Waals surface area contributed by atoms with Crippen LogP contribution in [0.3, 0.4) is 0 Å². The van der Waals surface area contributed by atoms with Crippen LogP contribution in [0.1, 0.15) is 58.1 Å². The molecule has 0 fully saturated rings. The maximum absolute atomic E-state index is 8.92. The van der Waals surface area contributed by atoms with Crippen LogP contribution in [0.2, 0.25) is 0 Å². The van der Waals surface area contributed by atoms with Gasteiger partial charge in [0.1, 0.15) is 18.7 Å². The molecule has 5 aromatic rings. The number of aromatic nitrogens is 5. The number of methoxy groups -OCH3 is 2. The highest BCUT2D eigenvalue weighted by atomic mass is 16.5. The molecule has 0 amide bonds. The molecule has 2 aromatic heterocycles. The predicted octanol–water partition coefficient (Wildman–Crippen LogP) is 4.48. The third-order valence-electron chi connectivity index (χ3n) is 7.34. The van der Waals surface area contributed by atoms with Crippen molar-refractivity contribution in [1.29, 1.82) is 10.5 Å². The number of nitriles is 2. The van der Waals surface area contributed by atoms with E-state index in [1.165, 1.54) is 17.5 Å². The van der Waals surface area contributed by atoms with Crippen LogP contribution in [0.15, 0.2) is 85.6 Å². The minimum Gasteiger partial charge on any atom is -0.493 e. The van der Waals surface area contributed by atoms with Gasteiger partial charge in [0.15, 0.2) is 11.5 Å². The van der Waals surface area contributed by atoms with Gasteiger partial charge in [-0.25, -0.2) is 9.67 Å². The highest BCUT2D eigenvalue weighted by Crippen LogP contribution is 2.34. The number of hydrogen-bond donors (Lipinski definition) is 3.